The number of carbonyl (C=O) groups excluding carboxylic acids is 2. The molecule has 190 valence electrons. The van der Waals surface area contributed by atoms with Gasteiger partial charge < -0.3 is 19.7 Å². The van der Waals surface area contributed by atoms with Crippen LogP contribution in [0.3, 0.4) is 0 Å². The van der Waals surface area contributed by atoms with E-state index in [-0.39, 0.29) is 24.2 Å². The van der Waals surface area contributed by atoms with Gasteiger partial charge in [0.05, 0.1) is 0 Å². The Labute approximate surface area is 211 Å². The van der Waals surface area contributed by atoms with E-state index in [9.17, 15) is 22.8 Å². The monoisotopic (exact) mass is 508 g/mol. The Balaban J connectivity index is 1.14. The molecule has 0 saturated carbocycles. The van der Waals surface area contributed by atoms with Crippen molar-refractivity contribution in [2.45, 2.75) is 18.8 Å². The molecule has 1 N–H and O–H groups in total. The molecule has 5 rings (SSSR count). The minimum Gasteiger partial charge on any atom is -0.454 e. The molecule has 0 spiro atoms. The number of anilines is 1. The van der Waals surface area contributed by atoms with Crippen LogP contribution in [-0.4, -0.2) is 36.6 Å². The Morgan fingerprint density at radius 2 is 1.57 bits per heavy atom. The maximum absolute atomic E-state index is 13.3. The molecule has 3 aromatic carbocycles. The van der Waals surface area contributed by atoms with Crippen LogP contribution in [0.25, 0.3) is 6.08 Å². The van der Waals surface area contributed by atoms with Gasteiger partial charge in [-0.1, -0.05) is 12.1 Å². The molecule has 0 aromatic heterocycles. The normalized spacial score (nSPS) is 15.3. The number of carbonyl (C=O) groups is 2. The standard InChI is InChI=1S/C28H23F3N2O4/c29-22-13-17(14-23(30)27(22)31)1-8-26(34)32-21-5-2-18(3-6-21)19-9-11-33(12-10-19)28(35)20-4-7-24-25(15-20)37-16-36-24/h1-8,13-15,19H,9-12,16H2,(H,32,34)/b8-1+. The van der Waals surface area contributed by atoms with Crippen molar-refractivity contribution in [2.24, 2.45) is 0 Å². The van der Waals surface area contributed by atoms with Crippen molar-refractivity contribution >= 4 is 23.6 Å². The number of nitrogens with zero attached hydrogens (tertiary/aromatic N) is 1. The average Bonchev–Trinajstić information content (AvgIpc) is 3.39. The molecule has 0 radical (unpaired) electrons. The van der Waals surface area contributed by atoms with Crippen molar-refractivity contribution in [3.63, 3.8) is 0 Å². The van der Waals surface area contributed by atoms with E-state index in [1.165, 1.54) is 6.08 Å². The van der Waals surface area contributed by atoms with Gasteiger partial charge in [0.25, 0.3) is 5.91 Å². The van der Waals surface area contributed by atoms with E-state index in [0.29, 0.717) is 35.8 Å². The van der Waals surface area contributed by atoms with E-state index in [4.69, 9.17) is 9.47 Å². The summed E-state index contributed by atoms with van der Waals surface area (Å²) >= 11 is 0. The average molecular weight is 508 g/mol. The molecule has 0 atom stereocenters. The molecule has 2 heterocycles. The number of benzene rings is 3. The number of piperidine rings is 1. The van der Waals surface area contributed by atoms with Crippen molar-refractivity contribution in [3.05, 3.63) is 94.8 Å². The smallest absolute Gasteiger partial charge is 0.253 e. The highest BCUT2D eigenvalue weighted by molar-refractivity contribution is 6.01. The molecule has 2 amide bonds. The second kappa shape index (κ2) is 10.4. The number of nitrogens with one attached hydrogen (secondary N) is 1. The number of likely N-dealkylation sites (tertiary alicyclic amines) is 1. The van der Waals surface area contributed by atoms with Gasteiger partial charge in [-0.3, -0.25) is 9.59 Å². The van der Waals surface area contributed by atoms with E-state index < -0.39 is 23.4 Å². The number of rotatable bonds is 5. The highest BCUT2D eigenvalue weighted by Gasteiger charge is 2.26. The number of halogens is 3. The molecular weight excluding hydrogens is 485 g/mol. The summed E-state index contributed by atoms with van der Waals surface area (Å²) in [6, 6.07) is 14.3. The van der Waals surface area contributed by atoms with Gasteiger partial charge in [0.15, 0.2) is 29.0 Å². The minimum atomic E-state index is -1.55. The molecule has 0 bridgehead atoms. The van der Waals surface area contributed by atoms with E-state index in [2.05, 4.69) is 5.32 Å². The quantitative estimate of drug-likeness (QED) is 0.365. The second-order valence-electron chi connectivity index (χ2n) is 8.88. The Hall–Kier alpha value is -4.27. The number of hydrogen-bond donors (Lipinski definition) is 1. The largest absolute Gasteiger partial charge is 0.454 e. The van der Waals surface area contributed by atoms with Crippen molar-refractivity contribution < 1.29 is 32.2 Å². The fourth-order valence-electron chi connectivity index (χ4n) is 4.49. The molecule has 0 aliphatic carbocycles. The lowest BCUT2D eigenvalue weighted by atomic mass is 9.89. The summed E-state index contributed by atoms with van der Waals surface area (Å²) < 4.78 is 50.3. The van der Waals surface area contributed by atoms with Crippen LogP contribution in [0.5, 0.6) is 11.5 Å². The lowest BCUT2D eigenvalue weighted by Crippen LogP contribution is -2.37. The van der Waals surface area contributed by atoms with Gasteiger partial charge in [-0.15, -0.1) is 0 Å². The summed E-state index contributed by atoms with van der Waals surface area (Å²) in [6.45, 7) is 1.42. The lowest BCUT2D eigenvalue weighted by Gasteiger charge is -2.32. The van der Waals surface area contributed by atoms with Crippen LogP contribution < -0.4 is 14.8 Å². The summed E-state index contributed by atoms with van der Waals surface area (Å²) in [4.78, 5) is 26.9. The Morgan fingerprint density at radius 1 is 0.892 bits per heavy atom. The molecule has 3 aromatic rings. The third-order valence-electron chi connectivity index (χ3n) is 6.48. The third kappa shape index (κ3) is 5.45. The number of ether oxygens (including phenoxy) is 2. The zero-order valence-electron chi connectivity index (χ0n) is 19.7. The minimum absolute atomic E-state index is 0.0326. The van der Waals surface area contributed by atoms with E-state index >= 15 is 0 Å². The number of fused-ring (bicyclic) bond motifs is 1. The van der Waals surface area contributed by atoms with Crippen LogP contribution in [0.15, 0.2) is 60.7 Å². The molecule has 9 heteroatoms. The highest BCUT2D eigenvalue weighted by Crippen LogP contribution is 2.34. The Kier molecular flexibility index (Phi) is 6.85. The maximum atomic E-state index is 13.3. The van der Waals surface area contributed by atoms with Crippen LogP contribution in [0.2, 0.25) is 0 Å². The van der Waals surface area contributed by atoms with Crippen LogP contribution in [0.4, 0.5) is 18.9 Å². The van der Waals surface area contributed by atoms with Gasteiger partial charge in [-0.25, -0.2) is 13.2 Å². The van der Waals surface area contributed by atoms with Gasteiger partial charge in [0.1, 0.15) is 0 Å². The fourth-order valence-corrected chi connectivity index (χ4v) is 4.49. The summed E-state index contributed by atoms with van der Waals surface area (Å²) in [6.07, 6.45) is 3.95. The Morgan fingerprint density at radius 3 is 2.27 bits per heavy atom. The second-order valence-corrected chi connectivity index (χ2v) is 8.88. The lowest BCUT2D eigenvalue weighted by molar-refractivity contribution is -0.111. The predicted octanol–water partition coefficient (Wildman–Crippen LogP) is 5.50. The van der Waals surface area contributed by atoms with Crippen molar-refractivity contribution in [1.29, 1.82) is 0 Å². The molecular formula is C28H23F3N2O4. The zero-order valence-corrected chi connectivity index (χ0v) is 19.7. The first-order valence-corrected chi connectivity index (χ1v) is 11.8. The SMILES string of the molecule is O=C(/C=C/c1cc(F)c(F)c(F)c1)Nc1ccc(C2CCN(C(=O)c3ccc4c(c3)OCO4)CC2)cc1. The van der Waals surface area contributed by atoms with Gasteiger partial charge >= 0.3 is 0 Å². The first-order valence-electron chi connectivity index (χ1n) is 11.8. The van der Waals surface area contributed by atoms with Crippen LogP contribution in [0.1, 0.15) is 40.2 Å². The highest BCUT2D eigenvalue weighted by atomic mass is 19.2. The van der Waals surface area contributed by atoms with Gasteiger partial charge in [-0.2, -0.15) is 0 Å². The van der Waals surface area contributed by atoms with E-state index in [1.54, 1.807) is 30.3 Å². The molecule has 1 fully saturated rings. The summed E-state index contributed by atoms with van der Waals surface area (Å²) in [5.41, 5.74) is 2.28. The zero-order chi connectivity index (χ0) is 25.9. The summed E-state index contributed by atoms with van der Waals surface area (Å²) in [5.74, 6) is -3.21. The van der Waals surface area contributed by atoms with Crippen LogP contribution >= 0.6 is 0 Å². The third-order valence-corrected chi connectivity index (χ3v) is 6.48. The number of hydrogen-bond acceptors (Lipinski definition) is 4. The number of amides is 2. The predicted molar refractivity (Wildman–Crippen MR) is 131 cm³/mol. The van der Waals surface area contributed by atoms with Crippen molar-refractivity contribution in [3.8, 4) is 11.5 Å². The fraction of sp³-hybridized carbons (Fsp3) is 0.214. The summed E-state index contributed by atoms with van der Waals surface area (Å²) in [5, 5.41) is 2.68. The first-order chi connectivity index (χ1) is 17.9. The molecule has 6 nitrogen and oxygen atoms in total. The maximum Gasteiger partial charge on any atom is 0.253 e. The van der Waals surface area contributed by atoms with Crippen molar-refractivity contribution in [2.75, 3.05) is 25.2 Å². The molecule has 37 heavy (non-hydrogen) atoms. The first kappa shape index (κ1) is 24.4. The molecule has 2 aliphatic rings. The van der Waals surface area contributed by atoms with Gasteiger partial charge in [0.2, 0.25) is 12.7 Å². The van der Waals surface area contributed by atoms with Crippen LogP contribution in [0, 0.1) is 17.5 Å². The Bertz CT molecular complexity index is 1340. The van der Waals surface area contributed by atoms with Crippen molar-refractivity contribution in [1.82, 2.24) is 4.90 Å². The molecule has 2 aliphatic heterocycles. The van der Waals surface area contributed by atoms with Gasteiger partial charge in [-0.05, 0) is 78.4 Å². The topological polar surface area (TPSA) is 67.9 Å². The molecule has 1 saturated heterocycles. The van der Waals surface area contributed by atoms with E-state index in [0.717, 1.165) is 36.6 Å². The van der Waals surface area contributed by atoms with Crippen LogP contribution in [-0.2, 0) is 4.79 Å². The van der Waals surface area contributed by atoms with Gasteiger partial charge in [0, 0.05) is 30.4 Å². The van der Waals surface area contributed by atoms with E-state index in [1.807, 2.05) is 17.0 Å². The molecule has 0 unspecified atom stereocenters. The summed E-state index contributed by atoms with van der Waals surface area (Å²) in [7, 11) is 0.